The minimum Gasteiger partial charge on any atom is -0.486 e. The average Bonchev–Trinajstić information content (AvgIpc) is 2.19. The number of hydrogen-bond donors (Lipinski definition) is 1. The first-order valence-corrected chi connectivity index (χ1v) is 5.43. The third-order valence-electron chi connectivity index (χ3n) is 2.00. The quantitative estimate of drug-likeness (QED) is 0.884. The van der Waals surface area contributed by atoms with Gasteiger partial charge in [-0.1, -0.05) is 0 Å². The first kappa shape index (κ1) is 9.65. The molecule has 0 unspecified atom stereocenters. The van der Waals surface area contributed by atoms with Crippen molar-refractivity contribution in [3.8, 4) is 11.5 Å². The molecule has 0 fully saturated rings. The smallest absolute Gasteiger partial charge is 0.163 e. The fourth-order valence-electron chi connectivity index (χ4n) is 1.39. The van der Waals surface area contributed by atoms with E-state index in [0.717, 1.165) is 28.2 Å². The molecule has 1 aliphatic heterocycles. The number of ether oxygens (including phenoxy) is 2. The number of hydrogen-bond acceptors (Lipinski definition) is 3. The van der Waals surface area contributed by atoms with E-state index in [-0.39, 0.29) is 0 Å². The van der Waals surface area contributed by atoms with E-state index in [1.54, 1.807) is 0 Å². The zero-order chi connectivity index (χ0) is 9.97. The second-order valence-corrected chi connectivity index (χ2v) is 3.86. The molecule has 0 spiro atoms. The van der Waals surface area contributed by atoms with E-state index in [4.69, 9.17) is 9.47 Å². The van der Waals surface area contributed by atoms with Crippen LogP contribution in [0.3, 0.4) is 0 Å². The Morgan fingerprint density at radius 1 is 1.29 bits per heavy atom. The molecular formula is C10H12BrNO2. The van der Waals surface area contributed by atoms with E-state index < -0.39 is 0 Å². The summed E-state index contributed by atoms with van der Waals surface area (Å²) in [5, 5.41) is 3.24. The number of anilines is 1. The van der Waals surface area contributed by atoms with E-state index in [9.17, 15) is 0 Å². The van der Waals surface area contributed by atoms with Crippen LogP contribution in [0, 0.1) is 0 Å². The molecule has 0 saturated heterocycles. The first-order valence-electron chi connectivity index (χ1n) is 4.64. The predicted octanol–water partition coefficient (Wildman–Crippen LogP) is 2.65. The normalized spacial score (nSPS) is 13.9. The van der Waals surface area contributed by atoms with Gasteiger partial charge in [-0.2, -0.15) is 0 Å². The van der Waals surface area contributed by atoms with E-state index in [1.807, 2.05) is 12.1 Å². The molecule has 0 aromatic heterocycles. The van der Waals surface area contributed by atoms with Gasteiger partial charge in [0.1, 0.15) is 13.2 Å². The number of benzene rings is 1. The van der Waals surface area contributed by atoms with Gasteiger partial charge in [0.2, 0.25) is 0 Å². The van der Waals surface area contributed by atoms with E-state index >= 15 is 0 Å². The van der Waals surface area contributed by atoms with Crippen LogP contribution in [0.25, 0.3) is 0 Å². The lowest BCUT2D eigenvalue weighted by Crippen LogP contribution is -2.15. The van der Waals surface area contributed by atoms with Crippen molar-refractivity contribution in [3.05, 3.63) is 16.6 Å². The summed E-state index contributed by atoms with van der Waals surface area (Å²) in [6, 6.07) is 3.90. The molecule has 1 aromatic carbocycles. The summed E-state index contributed by atoms with van der Waals surface area (Å²) in [4.78, 5) is 0. The fourth-order valence-corrected chi connectivity index (χ4v) is 1.85. The van der Waals surface area contributed by atoms with Crippen molar-refractivity contribution in [2.75, 3.05) is 25.1 Å². The van der Waals surface area contributed by atoms with Crippen molar-refractivity contribution >= 4 is 21.6 Å². The lowest BCUT2D eigenvalue weighted by molar-refractivity contribution is 0.171. The monoisotopic (exact) mass is 257 g/mol. The molecule has 76 valence electrons. The summed E-state index contributed by atoms with van der Waals surface area (Å²) in [5.41, 5.74) is 1.04. The second-order valence-electron chi connectivity index (χ2n) is 3.01. The molecule has 0 bridgehead atoms. The summed E-state index contributed by atoms with van der Waals surface area (Å²) in [7, 11) is 0. The van der Waals surface area contributed by atoms with Crippen molar-refractivity contribution in [2.45, 2.75) is 6.92 Å². The van der Waals surface area contributed by atoms with Crippen LogP contribution in [0.15, 0.2) is 16.6 Å². The maximum absolute atomic E-state index is 5.48. The minimum absolute atomic E-state index is 0.625. The maximum Gasteiger partial charge on any atom is 0.163 e. The van der Waals surface area contributed by atoms with Crippen molar-refractivity contribution in [3.63, 3.8) is 0 Å². The Kier molecular flexibility index (Phi) is 2.82. The topological polar surface area (TPSA) is 30.5 Å². The van der Waals surface area contributed by atoms with E-state index in [1.165, 1.54) is 0 Å². The van der Waals surface area contributed by atoms with Crippen molar-refractivity contribution in [2.24, 2.45) is 0 Å². The zero-order valence-corrected chi connectivity index (χ0v) is 9.56. The van der Waals surface area contributed by atoms with Crippen LogP contribution in [-0.2, 0) is 0 Å². The molecule has 0 atom stereocenters. The van der Waals surface area contributed by atoms with Gasteiger partial charge in [-0.15, -0.1) is 0 Å². The molecule has 0 radical (unpaired) electrons. The molecule has 0 saturated carbocycles. The van der Waals surface area contributed by atoms with Crippen LogP contribution in [-0.4, -0.2) is 19.8 Å². The van der Waals surface area contributed by atoms with Crippen LogP contribution in [0.2, 0.25) is 0 Å². The third-order valence-corrected chi connectivity index (χ3v) is 2.66. The van der Waals surface area contributed by atoms with Crippen LogP contribution < -0.4 is 14.8 Å². The minimum atomic E-state index is 0.625. The number of fused-ring (bicyclic) bond motifs is 1. The Balaban J connectivity index is 2.35. The molecule has 1 aromatic rings. The standard InChI is InChI=1S/C10H12BrNO2/c1-2-12-8-6-10-9(5-7(8)11)13-3-4-14-10/h5-6,12H,2-4H2,1H3. The SMILES string of the molecule is CCNc1cc2c(cc1Br)OCCO2. The molecule has 0 amide bonds. The van der Waals surface area contributed by atoms with E-state index in [2.05, 4.69) is 28.2 Å². The summed E-state index contributed by atoms with van der Waals surface area (Å²) in [6.07, 6.45) is 0. The van der Waals surface area contributed by atoms with Gasteiger partial charge < -0.3 is 14.8 Å². The van der Waals surface area contributed by atoms with Crippen molar-refractivity contribution < 1.29 is 9.47 Å². The molecule has 1 heterocycles. The summed E-state index contributed by atoms with van der Waals surface area (Å²) in [5.74, 6) is 1.63. The Labute approximate surface area is 91.5 Å². The van der Waals surface area contributed by atoms with Gasteiger partial charge in [0, 0.05) is 23.2 Å². The summed E-state index contributed by atoms with van der Waals surface area (Å²) < 4.78 is 11.9. The lowest BCUT2D eigenvalue weighted by atomic mass is 10.2. The Bertz CT molecular complexity index is 341. The molecule has 2 rings (SSSR count). The summed E-state index contributed by atoms with van der Waals surface area (Å²) >= 11 is 3.48. The number of halogens is 1. The zero-order valence-electron chi connectivity index (χ0n) is 7.97. The van der Waals surface area contributed by atoms with Gasteiger partial charge in [-0.3, -0.25) is 0 Å². The largest absolute Gasteiger partial charge is 0.486 e. The van der Waals surface area contributed by atoms with Crippen LogP contribution in [0.1, 0.15) is 6.92 Å². The van der Waals surface area contributed by atoms with Gasteiger partial charge >= 0.3 is 0 Å². The molecule has 1 N–H and O–H groups in total. The van der Waals surface area contributed by atoms with Crippen LogP contribution in [0.5, 0.6) is 11.5 Å². The van der Waals surface area contributed by atoms with Gasteiger partial charge in [0.25, 0.3) is 0 Å². The van der Waals surface area contributed by atoms with Crippen LogP contribution >= 0.6 is 15.9 Å². The number of rotatable bonds is 2. The highest BCUT2D eigenvalue weighted by atomic mass is 79.9. The Morgan fingerprint density at radius 3 is 2.57 bits per heavy atom. The third kappa shape index (κ3) is 1.80. The fraction of sp³-hybridized carbons (Fsp3) is 0.400. The van der Waals surface area contributed by atoms with Crippen molar-refractivity contribution in [1.82, 2.24) is 0 Å². The Hall–Kier alpha value is -0.900. The Morgan fingerprint density at radius 2 is 1.93 bits per heavy atom. The lowest BCUT2D eigenvalue weighted by Gasteiger charge is -2.20. The van der Waals surface area contributed by atoms with E-state index in [0.29, 0.717) is 13.2 Å². The molecule has 3 nitrogen and oxygen atoms in total. The second kappa shape index (κ2) is 4.09. The van der Waals surface area contributed by atoms with Gasteiger partial charge in [-0.05, 0) is 22.9 Å². The molecule has 1 aliphatic rings. The molecule has 14 heavy (non-hydrogen) atoms. The predicted molar refractivity (Wildman–Crippen MR) is 59.3 cm³/mol. The maximum atomic E-state index is 5.48. The average molecular weight is 258 g/mol. The highest BCUT2D eigenvalue weighted by Gasteiger charge is 2.14. The van der Waals surface area contributed by atoms with Gasteiger partial charge in [0.15, 0.2) is 11.5 Å². The van der Waals surface area contributed by atoms with Gasteiger partial charge in [0.05, 0.1) is 5.69 Å². The molecule has 4 heteroatoms. The molecular weight excluding hydrogens is 246 g/mol. The highest BCUT2D eigenvalue weighted by Crippen LogP contribution is 2.37. The first-order chi connectivity index (χ1) is 6.81. The highest BCUT2D eigenvalue weighted by molar-refractivity contribution is 9.10. The molecule has 0 aliphatic carbocycles. The summed E-state index contributed by atoms with van der Waals surface area (Å²) in [6.45, 7) is 4.20. The van der Waals surface area contributed by atoms with Crippen molar-refractivity contribution in [1.29, 1.82) is 0 Å². The number of nitrogens with one attached hydrogen (secondary N) is 1. The van der Waals surface area contributed by atoms with Gasteiger partial charge in [-0.25, -0.2) is 0 Å². The van der Waals surface area contributed by atoms with Crippen LogP contribution in [0.4, 0.5) is 5.69 Å².